The number of carbonyl (C=O) groups is 2. The summed E-state index contributed by atoms with van der Waals surface area (Å²) in [6, 6.07) is 11.0. The van der Waals surface area contributed by atoms with Gasteiger partial charge in [-0.25, -0.2) is 4.79 Å². The second-order valence-electron chi connectivity index (χ2n) is 10.9. The molecule has 7 heteroatoms. The third kappa shape index (κ3) is 4.14. The average Bonchev–Trinajstić information content (AvgIpc) is 2.99. The number of hydrogen-bond acceptors (Lipinski definition) is 4. The molecule has 180 valence electrons. The number of hydrogen-bond donors (Lipinski definition) is 1. The lowest BCUT2D eigenvalue weighted by atomic mass is 9.68. The topological polar surface area (TPSA) is 65.1 Å². The lowest BCUT2D eigenvalue weighted by Gasteiger charge is -2.51. The summed E-state index contributed by atoms with van der Waals surface area (Å²) in [6.45, 7) is 2.79. The third-order valence-electron chi connectivity index (χ3n) is 8.74. The van der Waals surface area contributed by atoms with E-state index in [4.69, 9.17) is 4.74 Å². The first-order chi connectivity index (χ1) is 15.9. The molecule has 2 aliphatic carbocycles. The molecule has 0 aromatic heterocycles. The number of carbonyl (C=O) groups excluding carboxylic acids is 2. The van der Waals surface area contributed by atoms with Gasteiger partial charge in [0.25, 0.3) is 0 Å². The third-order valence-corrected chi connectivity index (χ3v) is 8.74. The molecular weight excluding hydrogens is 416 g/mol. The van der Waals surface area contributed by atoms with Crippen molar-refractivity contribution in [3.63, 3.8) is 0 Å². The standard InChI is InChI=1S/C26H38N4O3/c1-28(2)26(21-9-4-3-5-10-21)13-11-25(12-14-26)19-29(16-23(31)27-22-17-33-18-22)24(32)30(25)15-20-7-6-8-20/h3-5,9-10,20,22H,6-8,11-19H2,1-2H3,(H,27,31). The van der Waals surface area contributed by atoms with Gasteiger partial charge < -0.3 is 19.9 Å². The molecule has 4 aliphatic rings. The van der Waals surface area contributed by atoms with Crippen LogP contribution in [0.25, 0.3) is 0 Å². The minimum atomic E-state index is -0.166. The van der Waals surface area contributed by atoms with Crippen molar-refractivity contribution in [2.45, 2.75) is 62.1 Å². The molecule has 0 atom stereocenters. The molecule has 2 aliphatic heterocycles. The highest BCUT2D eigenvalue weighted by Gasteiger charge is 2.55. The maximum Gasteiger partial charge on any atom is 0.321 e. The molecule has 2 saturated heterocycles. The molecule has 1 N–H and O–H groups in total. The second-order valence-corrected chi connectivity index (χ2v) is 10.9. The molecule has 5 rings (SSSR count). The van der Waals surface area contributed by atoms with Gasteiger partial charge in [-0.3, -0.25) is 9.69 Å². The molecule has 33 heavy (non-hydrogen) atoms. The van der Waals surface area contributed by atoms with Crippen molar-refractivity contribution in [3.05, 3.63) is 35.9 Å². The van der Waals surface area contributed by atoms with Crippen molar-refractivity contribution >= 4 is 11.9 Å². The first-order valence-corrected chi connectivity index (χ1v) is 12.6. The molecule has 2 heterocycles. The highest BCUT2D eigenvalue weighted by molar-refractivity contribution is 5.86. The zero-order valence-electron chi connectivity index (χ0n) is 20.1. The van der Waals surface area contributed by atoms with Crippen molar-refractivity contribution in [2.75, 3.05) is 46.9 Å². The first-order valence-electron chi connectivity index (χ1n) is 12.6. The van der Waals surface area contributed by atoms with Crippen LogP contribution in [0.15, 0.2) is 30.3 Å². The summed E-state index contributed by atoms with van der Waals surface area (Å²) in [5, 5.41) is 3.00. The van der Waals surface area contributed by atoms with E-state index in [-0.39, 0.29) is 35.6 Å². The lowest BCUT2D eigenvalue weighted by molar-refractivity contribution is -0.125. The van der Waals surface area contributed by atoms with Crippen LogP contribution in [-0.4, -0.2) is 85.2 Å². The van der Waals surface area contributed by atoms with Gasteiger partial charge in [0.15, 0.2) is 0 Å². The second kappa shape index (κ2) is 8.91. The van der Waals surface area contributed by atoms with E-state index < -0.39 is 0 Å². The van der Waals surface area contributed by atoms with Gasteiger partial charge in [0.2, 0.25) is 5.91 Å². The predicted octanol–water partition coefficient (Wildman–Crippen LogP) is 2.81. The predicted molar refractivity (Wildman–Crippen MR) is 127 cm³/mol. The molecule has 4 fully saturated rings. The van der Waals surface area contributed by atoms with Crippen LogP contribution in [0.5, 0.6) is 0 Å². The van der Waals surface area contributed by atoms with Crippen LogP contribution in [0.2, 0.25) is 0 Å². The Hall–Kier alpha value is -2.12. The summed E-state index contributed by atoms with van der Waals surface area (Å²) in [6.07, 6.45) is 7.66. The Kier molecular flexibility index (Phi) is 6.12. The van der Waals surface area contributed by atoms with Gasteiger partial charge >= 0.3 is 6.03 Å². The fourth-order valence-electron chi connectivity index (χ4n) is 6.28. The summed E-state index contributed by atoms with van der Waals surface area (Å²) in [5.74, 6) is 0.543. The first kappa shape index (κ1) is 22.7. The van der Waals surface area contributed by atoms with Crippen LogP contribution < -0.4 is 5.32 Å². The molecule has 0 radical (unpaired) electrons. The Balaban J connectivity index is 1.34. The van der Waals surface area contributed by atoms with Crippen molar-refractivity contribution in [2.24, 2.45) is 5.92 Å². The zero-order valence-corrected chi connectivity index (χ0v) is 20.1. The van der Waals surface area contributed by atoms with E-state index in [1.165, 1.54) is 24.8 Å². The van der Waals surface area contributed by atoms with E-state index in [0.29, 0.717) is 25.7 Å². The van der Waals surface area contributed by atoms with E-state index in [0.717, 1.165) is 32.2 Å². The lowest BCUT2D eigenvalue weighted by Crippen LogP contribution is -2.56. The molecular formula is C26H38N4O3. The van der Waals surface area contributed by atoms with Gasteiger partial charge in [-0.05, 0) is 64.1 Å². The van der Waals surface area contributed by atoms with Gasteiger partial charge in [0.1, 0.15) is 6.54 Å². The van der Waals surface area contributed by atoms with E-state index in [1.54, 1.807) is 4.90 Å². The number of benzene rings is 1. The van der Waals surface area contributed by atoms with Crippen LogP contribution in [0.4, 0.5) is 4.79 Å². The Labute approximate surface area is 197 Å². The molecule has 0 unspecified atom stereocenters. The molecule has 2 saturated carbocycles. The Morgan fingerprint density at radius 3 is 2.36 bits per heavy atom. The monoisotopic (exact) mass is 454 g/mol. The van der Waals surface area contributed by atoms with Crippen molar-refractivity contribution in [1.82, 2.24) is 20.0 Å². The van der Waals surface area contributed by atoms with E-state index in [2.05, 4.69) is 59.5 Å². The van der Waals surface area contributed by atoms with Gasteiger partial charge in [-0.15, -0.1) is 0 Å². The highest BCUT2D eigenvalue weighted by atomic mass is 16.5. The largest absolute Gasteiger partial charge is 0.377 e. The summed E-state index contributed by atoms with van der Waals surface area (Å²) < 4.78 is 5.16. The van der Waals surface area contributed by atoms with Gasteiger partial charge in [0, 0.05) is 18.6 Å². The minimum Gasteiger partial charge on any atom is -0.377 e. The molecule has 3 amide bonds. The van der Waals surface area contributed by atoms with Crippen LogP contribution in [0.3, 0.4) is 0 Å². The molecule has 1 spiro atoms. The Bertz CT molecular complexity index is 858. The van der Waals surface area contributed by atoms with Gasteiger partial charge in [0.05, 0.1) is 24.8 Å². The van der Waals surface area contributed by atoms with E-state index in [1.807, 2.05) is 0 Å². The Morgan fingerprint density at radius 2 is 1.82 bits per heavy atom. The number of nitrogens with one attached hydrogen (secondary N) is 1. The number of urea groups is 1. The van der Waals surface area contributed by atoms with Gasteiger partial charge in [-0.1, -0.05) is 36.8 Å². The normalized spacial score (nSPS) is 30.6. The van der Waals surface area contributed by atoms with Crippen molar-refractivity contribution < 1.29 is 14.3 Å². The summed E-state index contributed by atoms with van der Waals surface area (Å²) >= 11 is 0. The molecule has 1 aromatic rings. The smallest absolute Gasteiger partial charge is 0.321 e. The average molecular weight is 455 g/mol. The van der Waals surface area contributed by atoms with E-state index >= 15 is 0 Å². The highest BCUT2D eigenvalue weighted by Crippen LogP contribution is 2.49. The number of rotatable bonds is 7. The van der Waals surface area contributed by atoms with Crippen LogP contribution in [0, 0.1) is 5.92 Å². The zero-order chi connectivity index (χ0) is 23.1. The van der Waals surface area contributed by atoms with Crippen molar-refractivity contribution in [3.8, 4) is 0 Å². The quantitative estimate of drug-likeness (QED) is 0.688. The van der Waals surface area contributed by atoms with Gasteiger partial charge in [-0.2, -0.15) is 0 Å². The molecule has 0 bridgehead atoms. The minimum absolute atomic E-state index is 0.00723. The Morgan fingerprint density at radius 1 is 1.12 bits per heavy atom. The maximum absolute atomic E-state index is 13.6. The number of nitrogens with zero attached hydrogens (tertiary/aromatic N) is 3. The van der Waals surface area contributed by atoms with Crippen LogP contribution >= 0.6 is 0 Å². The number of ether oxygens (including phenoxy) is 1. The summed E-state index contributed by atoms with van der Waals surface area (Å²) in [7, 11) is 4.36. The fourth-order valence-corrected chi connectivity index (χ4v) is 6.28. The molecule has 7 nitrogen and oxygen atoms in total. The number of amides is 3. The van der Waals surface area contributed by atoms with Crippen molar-refractivity contribution in [1.29, 1.82) is 0 Å². The summed E-state index contributed by atoms with van der Waals surface area (Å²) in [5.41, 5.74) is 1.19. The van der Waals surface area contributed by atoms with Crippen LogP contribution in [-0.2, 0) is 15.1 Å². The van der Waals surface area contributed by atoms with Crippen LogP contribution in [0.1, 0.15) is 50.5 Å². The van der Waals surface area contributed by atoms with E-state index in [9.17, 15) is 9.59 Å². The molecule has 1 aromatic carbocycles. The summed E-state index contributed by atoms with van der Waals surface area (Å²) in [4.78, 5) is 32.5. The fraction of sp³-hybridized carbons (Fsp3) is 0.692. The SMILES string of the molecule is CN(C)C1(c2ccccc2)CCC2(CC1)CN(CC(=O)NC1COC1)C(=O)N2CC1CCC1. The maximum atomic E-state index is 13.6.